The molecular weight excluding hydrogens is 204 g/mol. The monoisotopic (exact) mass is 216 g/mol. The van der Waals surface area contributed by atoms with Gasteiger partial charge in [-0.3, -0.25) is 0 Å². The highest BCUT2D eigenvalue weighted by atomic mass is 16.3. The van der Waals surface area contributed by atoms with Gasteiger partial charge in [0.2, 0.25) is 0 Å². The van der Waals surface area contributed by atoms with Gasteiger partial charge in [0.25, 0.3) is 0 Å². The Morgan fingerprint density at radius 3 is 2.75 bits per heavy atom. The van der Waals surface area contributed by atoms with Crippen LogP contribution in [-0.2, 0) is 6.61 Å². The highest BCUT2D eigenvalue weighted by molar-refractivity contribution is 5.95. The van der Waals surface area contributed by atoms with Crippen molar-refractivity contribution in [3.63, 3.8) is 0 Å². The normalized spacial score (nSPS) is 10.3. The van der Waals surface area contributed by atoms with Gasteiger partial charge in [0.1, 0.15) is 0 Å². The Balaban J connectivity index is 2.74. The summed E-state index contributed by atoms with van der Waals surface area (Å²) in [4.78, 5) is 8.04. The summed E-state index contributed by atoms with van der Waals surface area (Å²) in [5.41, 5.74) is 11.5. The van der Waals surface area contributed by atoms with E-state index in [1.807, 2.05) is 24.3 Å². The predicted octanol–water partition coefficient (Wildman–Crippen LogP) is 0.632. The van der Waals surface area contributed by atoms with Gasteiger partial charge in [-0.25, -0.2) is 4.98 Å². The first-order valence-corrected chi connectivity index (χ1v) is 4.79. The van der Waals surface area contributed by atoms with Crippen molar-refractivity contribution >= 4 is 22.5 Å². The van der Waals surface area contributed by atoms with Crippen LogP contribution in [0.2, 0.25) is 0 Å². The summed E-state index contributed by atoms with van der Waals surface area (Å²) in [7, 11) is 0. The Kier molecular flexibility index (Phi) is 2.70. The maximum Gasteiger partial charge on any atom is 0.192 e. The first-order chi connectivity index (χ1) is 7.72. The molecule has 2 rings (SSSR count). The Hall–Kier alpha value is -2.14. The average molecular weight is 216 g/mol. The molecule has 1 aromatic carbocycles. The number of aliphatic imine (C=N–C) groups is 1. The van der Waals surface area contributed by atoms with Crippen molar-refractivity contribution in [1.29, 1.82) is 0 Å². The molecule has 0 fully saturated rings. The van der Waals surface area contributed by atoms with Crippen LogP contribution in [0.25, 0.3) is 10.8 Å². The molecule has 0 saturated heterocycles. The predicted molar refractivity (Wildman–Crippen MR) is 63.1 cm³/mol. The van der Waals surface area contributed by atoms with Crippen LogP contribution >= 0.6 is 0 Å². The molecule has 0 amide bonds. The fourth-order valence-electron chi connectivity index (χ4n) is 1.61. The van der Waals surface area contributed by atoms with Crippen LogP contribution in [0.4, 0.5) is 5.82 Å². The maximum absolute atomic E-state index is 9.20. The molecule has 5 heteroatoms. The number of aliphatic hydroxyl groups excluding tert-OH is 1. The summed E-state index contributed by atoms with van der Waals surface area (Å²) in [6.07, 6.45) is 1.61. The second kappa shape index (κ2) is 4.16. The quantitative estimate of drug-likeness (QED) is 0.506. The number of benzene rings is 1. The molecular formula is C11H12N4O. The largest absolute Gasteiger partial charge is 0.392 e. The molecule has 0 spiro atoms. The molecule has 82 valence electrons. The SMILES string of the molecule is NC(N)=Nc1nccc2c(CO)cccc12. The number of hydrogen-bond acceptors (Lipinski definition) is 3. The number of aromatic nitrogens is 1. The fourth-order valence-corrected chi connectivity index (χ4v) is 1.61. The van der Waals surface area contributed by atoms with E-state index in [2.05, 4.69) is 9.98 Å². The Morgan fingerprint density at radius 1 is 1.25 bits per heavy atom. The van der Waals surface area contributed by atoms with Gasteiger partial charge in [-0.15, -0.1) is 0 Å². The van der Waals surface area contributed by atoms with Crippen molar-refractivity contribution in [3.8, 4) is 0 Å². The van der Waals surface area contributed by atoms with Crippen molar-refractivity contribution in [1.82, 2.24) is 4.98 Å². The number of rotatable bonds is 2. The Morgan fingerprint density at radius 2 is 2.06 bits per heavy atom. The standard InChI is InChI=1S/C11H12N4O/c12-11(13)15-10-9-3-1-2-7(6-16)8(9)4-5-14-10/h1-5,16H,6H2,(H4,12,13,14,15). The fraction of sp³-hybridized carbons (Fsp3) is 0.0909. The van der Waals surface area contributed by atoms with E-state index in [1.54, 1.807) is 6.20 Å². The Bertz CT molecular complexity index is 547. The summed E-state index contributed by atoms with van der Waals surface area (Å²) >= 11 is 0. The summed E-state index contributed by atoms with van der Waals surface area (Å²) < 4.78 is 0. The smallest absolute Gasteiger partial charge is 0.192 e. The number of aliphatic hydroxyl groups is 1. The van der Waals surface area contributed by atoms with Gasteiger partial charge in [0, 0.05) is 11.6 Å². The third kappa shape index (κ3) is 1.80. The van der Waals surface area contributed by atoms with Gasteiger partial charge in [-0.2, -0.15) is 4.99 Å². The summed E-state index contributed by atoms with van der Waals surface area (Å²) in [5.74, 6) is 0.433. The second-order valence-corrected chi connectivity index (χ2v) is 3.34. The molecule has 5 N–H and O–H groups in total. The van der Waals surface area contributed by atoms with E-state index in [4.69, 9.17) is 11.5 Å². The zero-order chi connectivity index (χ0) is 11.5. The molecule has 1 heterocycles. The van der Waals surface area contributed by atoms with Crippen LogP contribution in [0.15, 0.2) is 35.5 Å². The van der Waals surface area contributed by atoms with E-state index in [0.717, 1.165) is 16.3 Å². The zero-order valence-corrected chi connectivity index (χ0v) is 8.59. The minimum atomic E-state index is -0.0330. The molecule has 0 radical (unpaired) electrons. The van der Waals surface area contributed by atoms with Crippen molar-refractivity contribution < 1.29 is 5.11 Å². The summed E-state index contributed by atoms with van der Waals surface area (Å²) in [5, 5.41) is 10.9. The van der Waals surface area contributed by atoms with E-state index in [-0.39, 0.29) is 12.6 Å². The Labute approximate surface area is 92.4 Å². The molecule has 0 bridgehead atoms. The van der Waals surface area contributed by atoms with Crippen molar-refractivity contribution in [2.45, 2.75) is 6.61 Å². The minimum Gasteiger partial charge on any atom is -0.392 e. The van der Waals surface area contributed by atoms with E-state index >= 15 is 0 Å². The summed E-state index contributed by atoms with van der Waals surface area (Å²) in [6.45, 7) is -0.0252. The highest BCUT2D eigenvalue weighted by Gasteiger charge is 2.04. The maximum atomic E-state index is 9.20. The number of nitrogens with zero attached hydrogens (tertiary/aromatic N) is 2. The molecule has 0 saturated carbocycles. The first-order valence-electron chi connectivity index (χ1n) is 4.79. The number of nitrogens with two attached hydrogens (primary N) is 2. The van der Waals surface area contributed by atoms with Crippen molar-refractivity contribution in [3.05, 3.63) is 36.0 Å². The number of pyridine rings is 1. The van der Waals surface area contributed by atoms with Crippen LogP contribution in [0, 0.1) is 0 Å². The third-order valence-electron chi connectivity index (χ3n) is 2.28. The van der Waals surface area contributed by atoms with E-state index in [9.17, 15) is 5.11 Å². The van der Waals surface area contributed by atoms with E-state index < -0.39 is 0 Å². The minimum absolute atomic E-state index is 0.0252. The van der Waals surface area contributed by atoms with Gasteiger partial charge >= 0.3 is 0 Å². The molecule has 0 unspecified atom stereocenters. The molecule has 0 aliphatic heterocycles. The summed E-state index contributed by atoms with van der Waals surface area (Å²) in [6, 6.07) is 7.37. The second-order valence-electron chi connectivity index (χ2n) is 3.34. The lowest BCUT2D eigenvalue weighted by molar-refractivity contribution is 0.283. The van der Waals surface area contributed by atoms with Gasteiger partial charge in [-0.05, 0) is 17.0 Å². The molecule has 0 aliphatic rings. The lowest BCUT2D eigenvalue weighted by Gasteiger charge is -2.05. The molecule has 0 aliphatic carbocycles. The third-order valence-corrected chi connectivity index (χ3v) is 2.28. The zero-order valence-electron chi connectivity index (χ0n) is 8.59. The molecule has 5 nitrogen and oxygen atoms in total. The van der Waals surface area contributed by atoms with Crippen LogP contribution in [0.3, 0.4) is 0 Å². The van der Waals surface area contributed by atoms with Crippen molar-refractivity contribution in [2.24, 2.45) is 16.5 Å². The molecule has 1 aromatic heterocycles. The van der Waals surface area contributed by atoms with E-state index in [0.29, 0.717) is 5.82 Å². The molecule has 16 heavy (non-hydrogen) atoms. The van der Waals surface area contributed by atoms with Crippen LogP contribution in [0.5, 0.6) is 0 Å². The topological polar surface area (TPSA) is 97.5 Å². The van der Waals surface area contributed by atoms with E-state index in [1.165, 1.54) is 0 Å². The highest BCUT2D eigenvalue weighted by Crippen LogP contribution is 2.25. The van der Waals surface area contributed by atoms with Crippen LogP contribution in [-0.4, -0.2) is 16.1 Å². The van der Waals surface area contributed by atoms with Crippen LogP contribution < -0.4 is 11.5 Å². The number of fused-ring (bicyclic) bond motifs is 1. The number of hydrogen-bond donors (Lipinski definition) is 3. The van der Waals surface area contributed by atoms with Crippen molar-refractivity contribution in [2.75, 3.05) is 0 Å². The van der Waals surface area contributed by atoms with Crippen LogP contribution in [0.1, 0.15) is 5.56 Å². The van der Waals surface area contributed by atoms with Gasteiger partial charge in [-0.1, -0.05) is 18.2 Å². The molecule has 0 atom stereocenters. The molecule has 2 aromatic rings. The number of guanidine groups is 1. The average Bonchev–Trinajstić information content (AvgIpc) is 2.28. The lowest BCUT2D eigenvalue weighted by Crippen LogP contribution is -2.22. The van der Waals surface area contributed by atoms with Gasteiger partial charge in [0.15, 0.2) is 11.8 Å². The first kappa shape index (κ1) is 10.4. The van der Waals surface area contributed by atoms with Gasteiger partial charge < -0.3 is 16.6 Å². The lowest BCUT2D eigenvalue weighted by atomic mass is 10.1. The van der Waals surface area contributed by atoms with Gasteiger partial charge in [0.05, 0.1) is 6.61 Å².